The van der Waals surface area contributed by atoms with Crippen molar-refractivity contribution in [3.63, 3.8) is 0 Å². The number of aromatic nitrogens is 3. The summed E-state index contributed by atoms with van der Waals surface area (Å²) >= 11 is 1.44. The van der Waals surface area contributed by atoms with Gasteiger partial charge in [-0.2, -0.15) is 0 Å². The lowest BCUT2D eigenvalue weighted by Crippen LogP contribution is -2.41. The molecule has 164 valence electrons. The predicted octanol–water partition coefficient (Wildman–Crippen LogP) is 4.79. The van der Waals surface area contributed by atoms with Crippen molar-refractivity contribution in [3.05, 3.63) is 35.7 Å². The maximum absolute atomic E-state index is 12.4. The molecular weight excluding hydrogens is 396 g/mol. The molecule has 30 heavy (non-hydrogen) atoms. The van der Waals surface area contributed by atoms with E-state index >= 15 is 0 Å². The van der Waals surface area contributed by atoms with Gasteiger partial charge in [0.25, 0.3) is 0 Å². The molecule has 1 heterocycles. The van der Waals surface area contributed by atoms with Crippen LogP contribution in [0.15, 0.2) is 29.4 Å². The van der Waals surface area contributed by atoms with Gasteiger partial charge in [-0.25, -0.2) is 0 Å². The van der Waals surface area contributed by atoms with E-state index in [1.54, 1.807) is 0 Å². The number of nitrogens with zero attached hydrogens (tertiary/aromatic N) is 3. The second-order valence-electron chi connectivity index (χ2n) is 8.07. The first-order valence-electron chi connectivity index (χ1n) is 11.1. The van der Waals surface area contributed by atoms with Gasteiger partial charge in [-0.1, -0.05) is 50.6 Å². The first-order valence-corrected chi connectivity index (χ1v) is 12.1. The van der Waals surface area contributed by atoms with Gasteiger partial charge < -0.3 is 14.6 Å². The van der Waals surface area contributed by atoms with Gasteiger partial charge in [0, 0.05) is 12.6 Å². The average molecular weight is 431 g/mol. The van der Waals surface area contributed by atoms with Gasteiger partial charge in [-0.3, -0.25) is 4.79 Å². The molecule has 1 aliphatic rings. The van der Waals surface area contributed by atoms with E-state index < -0.39 is 0 Å². The highest BCUT2D eigenvalue weighted by Gasteiger charge is 2.24. The van der Waals surface area contributed by atoms with E-state index in [0.29, 0.717) is 17.7 Å². The second-order valence-corrected chi connectivity index (χ2v) is 9.01. The van der Waals surface area contributed by atoms with Crippen LogP contribution >= 0.6 is 11.8 Å². The Balaban J connectivity index is 1.58. The number of aryl methyl sites for hydroxylation is 1. The molecule has 1 fully saturated rings. The van der Waals surface area contributed by atoms with E-state index in [-0.39, 0.29) is 12.0 Å². The lowest BCUT2D eigenvalue weighted by Gasteiger charge is -2.29. The largest absolute Gasteiger partial charge is 0.483 e. The summed E-state index contributed by atoms with van der Waals surface area (Å²) in [7, 11) is 0. The number of carbonyl (C=O) groups is 1. The van der Waals surface area contributed by atoms with Crippen LogP contribution in [0.5, 0.6) is 5.75 Å². The molecule has 0 bridgehead atoms. The van der Waals surface area contributed by atoms with E-state index in [1.165, 1.54) is 36.6 Å². The molecule has 1 amide bonds. The Hall–Kier alpha value is -2.02. The normalized spacial score (nSPS) is 20.0. The first kappa shape index (κ1) is 22.7. The smallest absolute Gasteiger partial charge is 0.230 e. The molecular formula is C23H34N4O2S. The summed E-state index contributed by atoms with van der Waals surface area (Å²) in [5.74, 6) is 2.59. The number of rotatable bonds is 9. The highest BCUT2D eigenvalue weighted by molar-refractivity contribution is 7.99. The summed E-state index contributed by atoms with van der Waals surface area (Å²) in [5.41, 5.74) is 1.28. The lowest BCUT2D eigenvalue weighted by molar-refractivity contribution is -0.119. The van der Waals surface area contributed by atoms with Crippen LogP contribution in [0.1, 0.15) is 70.9 Å². The van der Waals surface area contributed by atoms with Crippen molar-refractivity contribution in [2.24, 2.45) is 5.92 Å². The molecule has 3 rings (SSSR count). The Morgan fingerprint density at radius 3 is 2.63 bits per heavy atom. The zero-order valence-electron chi connectivity index (χ0n) is 18.6. The van der Waals surface area contributed by atoms with Gasteiger partial charge in [0.1, 0.15) is 5.75 Å². The van der Waals surface area contributed by atoms with E-state index in [9.17, 15) is 4.79 Å². The molecule has 0 spiro atoms. The molecule has 0 aliphatic heterocycles. The minimum Gasteiger partial charge on any atom is -0.483 e. The molecule has 1 aliphatic carbocycles. The van der Waals surface area contributed by atoms with Crippen LogP contribution in [0.2, 0.25) is 0 Å². The maximum atomic E-state index is 12.4. The SMILES string of the molecule is CCc1ccc(O[C@H](C)c2nnc(SCC(=O)N[C@H]3CCCC[C@H]3C)n2CC)cc1. The van der Waals surface area contributed by atoms with Gasteiger partial charge in [-0.15, -0.1) is 10.2 Å². The first-order chi connectivity index (χ1) is 14.5. The number of thioether (sulfide) groups is 1. The van der Waals surface area contributed by atoms with Crippen LogP contribution in [0.4, 0.5) is 0 Å². The molecule has 7 heteroatoms. The second kappa shape index (κ2) is 10.8. The Kier molecular flexibility index (Phi) is 8.19. The van der Waals surface area contributed by atoms with E-state index in [1.807, 2.05) is 23.6 Å². The minimum absolute atomic E-state index is 0.0752. The number of carbonyl (C=O) groups excluding carboxylic acids is 1. The Bertz CT molecular complexity index is 821. The van der Waals surface area contributed by atoms with Gasteiger partial charge in [0.2, 0.25) is 5.91 Å². The van der Waals surface area contributed by atoms with Crippen molar-refractivity contribution in [2.45, 2.75) is 83.6 Å². The van der Waals surface area contributed by atoms with Crippen LogP contribution in [-0.4, -0.2) is 32.5 Å². The Labute approximate surface area is 184 Å². The lowest BCUT2D eigenvalue weighted by atomic mass is 9.86. The summed E-state index contributed by atoms with van der Waals surface area (Å²) in [6.45, 7) is 9.14. The number of nitrogens with one attached hydrogen (secondary N) is 1. The maximum Gasteiger partial charge on any atom is 0.230 e. The monoisotopic (exact) mass is 430 g/mol. The van der Waals surface area contributed by atoms with Crippen LogP contribution in [0, 0.1) is 5.92 Å². The zero-order chi connectivity index (χ0) is 21.5. The van der Waals surface area contributed by atoms with Crippen LogP contribution in [0.25, 0.3) is 0 Å². The molecule has 6 nitrogen and oxygen atoms in total. The fourth-order valence-corrected chi connectivity index (χ4v) is 4.80. The molecule has 0 radical (unpaired) electrons. The summed E-state index contributed by atoms with van der Waals surface area (Å²) in [6.07, 6.45) is 5.54. The molecule has 1 aromatic carbocycles. The molecule has 1 N–H and O–H groups in total. The molecule has 1 saturated carbocycles. The third-order valence-electron chi connectivity index (χ3n) is 5.86. The molecule has 3 atom stereocenters. The van der Waals surface area contributed by atoms with Gasteiger partial charge in [0.15, 0.2) is 17.1 Å². The Morgan fingerprint density at radius 2 is 1.97 bits per heavy atom. The number of amides is 1. The van der Waals surface area contributed by atoms with Crippen molar-refractivity contribution in [1.29, 1.82) is 0 Å². The van der Waals surface area contributed by atoms with Crippen molar-refractivity contribution >= 4 is 17.7 Å². The van der Waals surface area contributed by atoms with Crippen molar-refractivity contribution in [1.82, 2.24) is 20.1 Å². The average Bonchev–Trinajstić information content (AvgIpc) is 3.17. The summed E-state index contributed by atoms with van der Waals surface area (Å²) < 4.78 is 8.12. The van der Waals surface area contributed by atoms with E-state index in [0.717, 1.165) is 36.1 Å². The number of ether oxygens (including phenoxy) is 1. The molecule has 2 aromatic rings. The van der Waals surface area contributed by atoms with Crippen LogP contribution in [-0.2, 0) is 17.8 Å². The number of benzene rings is 1. The standard InChI is InChI=1S/C23H34N4O2S/c1-5-18-11-13-19(14-12-18)29-17(4)22-25-26-23(27(22)6-2)30-15-21(28)24-20-10-8-7-9-16(20)3/h11-14,16-17,20H,5-10,15H2,1-4H3,(H,24,28)/t16-,17-,20+/m1/s1. The predicted molar refractivity (Wildman–Crippen MR) is 121 cm³/mol. The fourth-order valence-electron chi connectivity index (χ4n) is 3.97. The van der Waals surface area contributed by atoms with Crippen molar-refractivity contribution in [2.75, 3.05) is 5.75 Å². The number of hydrogen-bond donors (Lipinski definition) is 1. The topological polar surface area (TPSA) is 69.0 Å². The van der Waals surface area contributed by atoms with E-state index in [4.69, 9.17) is 4.74 Å². The third kappa shape index (κ3) is 5.78. The Morgan fingerprint density at radius 1 is 1.23 bits per heavy atom. The molecule has 1 aromatic heterocycles. The van der Waals surface area contributed by atoms with Gasteiger partial charge in [0.05, 0.1) is 5.75 Å². The summed E-state index contributed by atoms with van der Waals surface area (Å²) in [5, 5.41) is 12.7. The van der Waals surface area contributed by atoms with Crippen LogP contribution < -0.4 is 10.1 Å². The minimum atomic E-state index is -0.226. The molecule has 0 saturated heterocycles. The molecule has 0 unspecified atom stereocenters. The zero-order valence-corrected chi connectivity index (χ0v) is 19.4. The highest BCUT2D eigenvalue weighted by Crippen LogP contribution is 2.26. The number of hydrogen-bond acceptors (Lipinski definition) is 5. The van der Waals surface area contributed by atoms with Crippen LogP contribution in [0.3, 0.4) is 0 Å². The van der Waals surface area contributed by atoms with Gasteiger partial charge >= 0.3 is 0 Å². The van der Waals surface area contributed by atoms with Gasteiger partial charge in [-0.05, 0) is 56.7 Å². The van der Waals surface area contributed by atoms with E-state index in [2.05, 4.69) is 48.4 Å². The fraction of sp³-hybridized carbons (Fsp3) is 0.609. The quantitative estimate of drug-likeness (QED) is 0.580. The third-order valence-corrected chi connectivity index (χ3v) is 6.83. The highest BCUT2D eigenvalue weighted by atomic mass is 32.2. The summed E-state index contributed by atoms with van der Waals surface area (Å²) in [6, 6.07) is 8.46. The van der Waals surface area contributed by atoms with Crippen molar-refractivity contribution < 1.29 is 9.53 Å². The van der Waals surface area contributed by atoms with Crippen molar-refractivity contribution in [3.8, 4) is 5.75 Å². The summed E-state index contributed by atoms with van der Waals surface area (Å²) in [4.78, 5) is 12.4.